The molecule has 14 heavy (non-hydrogen) atoms. The third kappa shape index (κ3) is 2.98. The van der Waals surface area contributed by atoms with Crippen molar-refractivity contribution in [2.24, 2.45) is 5.73 Å². The second-order valence-electron chi connectivity index (χ2n) is 2.86. The van der Waals surface area contributed by atoms with Crippen LogP contribution in [-0.2, 0) is 11.2 Å². The first-order chi connectivity index (χ1) is 6.59. The maximum atomic E-state index is 10.8. The SMILES string of the molecule is NC(CCc1nccc(=O)[nH]1)C(=O)O. The number of H-pyrrole nitrogens is 1. The van der Waals surface area contributed by atoms with Gasteiger partial charge in [-0.25, -0.2) is 4.98 Å². The van der Waals surface area contributed by atoms with Crippen LogP contribution in [0.5, 0.6) is 0 Å². The number of nitrogens with two attached hydrogens (primary N) is 1. The molecular formula is C8H11N3O3. The summed E-state index contributed by atoms with van der Waals surface area (Å²) >= 11 is 0. The predicted molar refractivity (Wildman–Crippen MR) is 48.8 cm³/mol. The Morgan fingerprint density at radius 1 is 1.71 bits per heavy atom. The maximum absolute atomic E-state index is 10.8. The van der Waals surface area contributed by atoms with Crippen molar-refractivity contribution >= 4 is 5.97 Å². The quantitative estimate of drug-likeness (QED) is 0.580. The smallest absolute Gasteiger partial charge is 0.320 e. The van der Waals surface area contributed by atoms with Crippen LogP contribution >= 0.6 is 0 Å². The van der Waals surface area contributed by atoms with Gasteiger partial charge in [0.2, 0.25) is 0 Å². The molecule has 0 spiro atoms. The van der Waals surface area contributed by atoms with E-state index in [2.05, 4.69) is 9.97 Å². The molecule has 0 aliphatic heterocycles. The molecule has 0 saturated carbocycles. The molecule has 0 radical (unpaired) electrons. The van der Waals surface area contributed by atoms with Crippen molar-refractivity contribution in [3.05, 3.63) is 28.4 Å². The van der Waals surface area contributed by atoms with E-state index in [-0.39, 0.29) is 12.0 Å². The van der Waals surface area contributed by atoms with Gasteiger partial charge < -0.3 is 15.8 Å². The van der Waals surface area contributed by atoms with Crippen molar-refractivity contribution in [2.45, 2.75) is 18.9 Å². The lowest BCUT2D eigenvalue weighted by molar-refractivity contribution is -0.138. The second kappa shape index (κ2) is 4.52. The Morgan fingerprint density at radius 3 is 3.00 bits per heavy atom. The molecule has 1 rings (SSSR count). The van der Waals surface area contributed by atoms with Gasteiger partial charge in [-0.3, -0.25) is 9.59 Å². The number of aryl methyl sites for hydroxylation is 1. The number of carboxylic acids is 1. The van der Waals surface area contributed by atoms with Gasteiger partial charge in [-0.05, 0) is 6.42 Å². The molecule has 4 N–H and O–H groups in total. The van der Waals surface area contributed by atoms with Crippen LogP contribution in [-0.4, -0.2) is 27.1 Å². The van der Waals surface area contributed by atoms with Crippen molar-refractivity contribution in [2.75, 3.05) is 0 Å². The standard InChI is InChI=1S/C8H11N3O3/c9-5(8(13)14)1-2-6-10-4-3-7(12)11-6/h3-5H,1-2,9H2,(H,13,14)(H,10,11,12). The number of aromatic nitrogens is 2. The van der Waals surface area contributed by atoms with E-state index in [0.29, 0.717) is 12.2 Å². The Labute approximate surface area is 79.8 Å². The van der Waals surface area contributed by atoms with Crippen molar-refractivity contribution < 1.29 is 9.90 Å². The van der Waals surface area contributed by atoms with E-state index in [9.17, 15) is 9.59 Å². The van der Waals surface area contributed by atoms with Crippen LogP contribution in [0.15, 0.2) is 17.1 Å². The van der Waals surface area contributed by atoms with Crippen molar-refractivity contribution in [1.29, 1.82) is 0 Å². The van der Waals surface area contributed by atoms with Crippen LogP contribution in [0.1, 0.15) is 12.2 Å². The molecule has 6 nitrogen and oxygen atoms in total. The number of hydrogen-bond acceptors (Lipinski definition) is 4. The largest absolute Gasteiger partial charge is 0.480 e. The van der Waals surface area contributed by atoms with Gasteiger partial charge in [-0.1, -0.05) is 0 Å². The molecule has 1 aromatic rings. The molecule has 0 aliphatic carbocycles. The Kier molecular flexibility index (Phi) is 3.35. The van der Waals surface area contributed by atoms with Gasteiger partial charge in [0.25, 0.3) is 5.56 Å². The summed E-state index contributed by atoms with van der Waals surface area (Å²) in [5.41, 5.74) is 5.03. The van der Waals surface area contributed by atoms with E-state index in [1.165, 1.54) is 12.3 Å². The summed E-state index contributed by atoms with van der Waals surface area (Å²) < 4.78 is 0. The van der Waals surface area contributed by atoms with Crippen LogP contribution in [0.2, 0.25) is 0 Å². The first kappa shape index (κ1) is 10.4. The molecule has 0 saturated heterocycles. The minimum absolute atomic E-state index is 0.251. The third-order valence-electron chi connectivity index (χ3n) is 1.73. The maximum Gasteiger partial charge on any atom is 0.320 e. The van der Waals surface area contributed by atoms with Crippen LogP contribution < -0.4 is 11.3 Å². The van der Waals surface area contributed by atoms with Gasteiger partial charge in [0.15, 0.2) is 0 Å². The fourth-order valence-corrected chi connectivity index (χ4v) is 0.954. The van der Waals surface area contributed by atoms with E-state index < -0.39 is 12.0 Å². The summed E-state index contributed by atoms with van der Waals surface area (Å²) in [6, 6.07) is 0.376. The summed E-state index contributed by atoms with van der Waals surface area (Å²) in [4.78, 5) is 27.5. The lowest BCUT2D eigenvalue weighted by atomic mass is 10.1. The summed E-state index contributed by atoms with van der Waals surface area (Å²) in [6.07, 6.45) is 1.98. The fourth-order valence-electron chi connectivity index (χ4n) is 0.954. The van der Waals surface area contributed by atoms with Crippen LogP contribution in [0.4, 0.5) is 0 Å². The molecule has 1 heterocycles. The van der Waals surface area contributed by atoms with Crippen molar-refractivity contribution in [1.82, 2.24) is 9.97 Å². The molecule has 0 fully saturated rings. The number of rotatable bonds is 4. The zero-order chi connectivity index (χ0) is 10.6. The average Bonchev–Trinajstić information content (AvgIpc) is 2.14. The number of carbonyl (C=O) groups is 1. The predicted octanol–water partition coefficient (Wildman–Crippen LogP) is -0.886. The molecule has 6 heteroatoms. The number of nitrogens with one attached hydrogen (secondary N) is 1. The first-order valence-electron chi connectivity index (χ1n) is 4.12. The zero-order valence-electron chi connectivity index (χ0n) is 7.43. The highest BCUT2D eigenvalue weighted by atomic mass is 16.4. The van der Waals surface area contributed by atoms with Crippen molar-refractivity contribution in [3.8, 4) is 0 Å². The molecule has 1 atom stereocenters. The Balaban J connectivity index is 2.54. The van der Waals surface area contributed by atoms with Gasteiger partial charge in [0.05, 0.1) is 0 Å². The topological polar surface area (TPSA) is 109 Å². The average molecular weight is 197 g/mol. The number of hydrogen-bond donors (Lipinski definition) is 3. The van der Waals surface area contributed by atoms with Crippen LogP contribution in [0.25, 0.3) is 0 Å². The Morgan fingerprint density at radius 2 is 2.43 bits per heavy atom. The lowest BCUT2D eigenvalue weighted by Gasteiger charge is -2.04. The van der Waals surface area contributed by atoms with Crippen LogP contribution in [0.3, 0.4) is 0 Å². The van der Waals surface area contributed by atoms with E-state index in [1.807, 2.05) is 0 Å². The first-order valence-corrected chi connectivity index (χ1v) is 4.12. The third-order valence-corrected chi connectivity index (χ3v) is 1.73. The Bertz CT molecular complexity index is 374. The number of nitrogens with zero attached hydrogens (tertiary/aromatic N) is 1. The van der Waals surface area contributed by atoms with E-state index in [1.54, 1.807) is 0 Å². The molecule has 0 aliphatic rings. The van der Waals surface area contributed by atoms with Crippen molar-refractivity contribution in [3.63, 3.8) is 0 Å². The minimum Gasteiger partial charge on any atom is -0.480 e. The summed E-state index contributed by atoms with van der Waals surface area (Å²) in [6.45, 7) is 0. The van der Waals surface area contributed by atoms with Gasteiger partial charge in [-0.15, -0.1) is 0 Å². The zero-order valence-corrected chi connectivity index (χ0v) is 7.43. The number of aromatic amines is 1. The van der Waals surface area contributed by atoms with Gasteiger partial charge in [0, 0.05) is 18.7 Å². The molecule has 0 amide bonds. The fraction of sp³-hybridized carbons (Fsp3) is 0.375. The molecule has 1 aromatic heterocycles. The van der Waals surface area contributed by atoms with Gasteiger partial charge >= 0.3 is 5.97 Å². The minimum atomic E-state index is -1.05. The summed E-state index contributed by atoms with van der Waals surface area (Å²) in [7, 11) is 0. The van der Waals surface area contributed by atoms with Gasteiger partial charge in [-0.2, -0.15) is 0 Å². The molecule has 1 unspecified atom stereocenters. The Hall–Kier alpha value is -1.69. The van der Waals surface area contributed by atoms with E-state index in [4.69, 9.17) is 10.8 Å². The number of carboxylic acid groups (broad SMARTS) is 1. The highest BCUT2D eigenvalue weighted by Gasteiger charge is 2.11. The summed E-state index contributed by atoms with van der Waals surface area (Å²) in [5.74, 6) is -0.600. The molecule has 0 aromatic carbocycles. The normalized spacial score (nSPS) is 12.4. The highest BCUT2D eigenvalue weighted by molar-refractivity contribution is 5.72. The molecular weight excluding hydrogens is 186 g/mol. The van der Waals surface area contributed by atoms with Crippen LogP contribution in [0, 0.1) is 0 Å². The highest BCUT2D eigenvalue weighted by Crippen LogP contribution is 1.95. The monoisotopic (exact) mass is 197 g/mol. The summed E-state index contributed by atoms with van der Waals surface area (Å²) in [5, 5.41) is 8.50. The second-order valence-corrected chi connectivity index (χ2v) is 2.86. The molecule has 0 bridgehead atoms. The van der Waals surface area contributed by atoms with E-state index in [0.717, 1.165) is 0 Å². The van der Waals surface area contributed by atoms with Gasteiger partial charge in [0.1, 0.15) is 11.9 Å². The van der Waals surface area contributed by atoms with E-state index >= 15 is 0 Å². The lowest BCUT2D eigenvalue weighted by Crippen LogP contribution is -2.30. The molecule has 76 valence electrons. The number of aliphatic carboxylic acids is 1.